The van der Waals surface area contributed by atoms with Gasteiger partial charge in [0, 0.05) is 46.9 Å². The molecule has 2 N–H and O–H groups in total. The van der Waals surface area contributed by atoms with Crippen molar-refractivity contribution in [3.8, 4) is 0 Å². The second-order valence-corrected chi connectivity index (χ2v) is 5.59. The summed E-state index contributed by atoms with van der Waals surface area (Å²) >= 11 is 0. The quantitative estimate of drug-likeness (QED) is 0.659. The first-order chi connectivity index (χ1) is 8.89. The van der Waals surface area contributed by atoms with Gasteiger partial charge in [-0.05, 0) is 13.8 Å². The fraction of sp³-hybridized carbons (Fsp3) is 0.923. The summed E-state index contributed by atoms with van der Waals surface area (Å²) in [7, 11) is 3.26. The average molecular weight is 273 g/mol. The highest BCUT2D eigenvalue weighted by atomic mass is 16.5. The minimum atomic E-state index is -0.641. The highest BCUT2D eigenvalue weighted by Gasteiger charge is 2.37. The summed E-state index contributed by atoms with van der Waals surface area (Å²) in [6.45, 7) is 7.98. The van der Waals surface area contributed by atoms with Gasteiger partial charge in [-0.25, -0.2) is 0 Å². The first-order valence-corrected chi connectivity index (χ1v) is 6.78. The molecule has 0 bridgehead atoms. The number of hydrogen-bond donors (Lipinski definition) is 2. The minimum absolute atomic E-state index is 0.0320. The van der Waals surface area contributed by atoms with Gasteiger partial charge in [-0.3, -0.25) is 9.69 Å². The molecule has 6 nitrogen and oxygen atoms in total. The number of hydrogen-bond acceptors (Lipinski definition) is 5. The van der Waals surface area contributed by atoms with Gasteiger partial charge in [-0.1, -0.05) is 0 Å². The number of methoxy groups -OCH3 is 1. The molecule has 112 valence electrons. The topological polar surface area (TPSA) is 65.0 Å². The molecule has 0 radical (unpaired) electrons. The number of nitrogens with one attached hydrogen (secondary N) is 1. The number of carbonyl (C=O) groups is 1. The number of aliphatic hydroxyl groups excluding tert-OH is 1. The third-order valence-corrected chi connectivity index (χ3v) is 3.62. The molecule has 0 aromatic rings. The summed E-state index contributed by atoms with van der Waals surface area (Å²) in [4.78, 5) is 16.3. The Morgan fingerprint density at radius 2 is 2.05 bits per heavy atom. The van der Waals surface area contributed by atoms with Gasteiger partial charge < -0.3 is 20.1 Å². The zero-order valence-electron chi connectivity index (χ0n) is 12.5. The van der Waals surface area contributed by atoms with Crippen molar-refractivity contribution >= 4 is 5.91 Å². The number of carbonyl (C=O) groups excluding carboxylic acids is 1. The normalized spacial score (nSPS) is 19.2. The Morgan fingerprint density at radius 3 is 2.58 bits per heavy atom. The molecule has 0 aromatic carbocycles. The van der Waals surface area contributed by atoms with E-state index in [2.05, 4.69) is 10.2 Å². The first kappa shape index (κ1) is 16.4. The van der Waals surface area contributed by atoms with Crippen molar-refractivity contribution in [3.05, 3.63) is 0 Å². The Labute approximate surface area is 115 Å². The van der Waals surface area contributed by atoms with Crippen LogP contribution in [0.4, 0.5) is 0 Å². The third kappa shape index (κ3) is 4.42. The van der Waals surface area contributed by atoms with Crippen LogP contribution in [0.5, 0.6) is 0 Å². The summed E-state index contributed by atoms with van der Waals surface area (Å²) in [5.41, 5.74) is -0.538. The maximum atomic E-state index is 12.5. The number of likely N-dealkylation sites (N-methyl/N-ethyl adjacent to an activating group) is 1. The predicted molar refractivity (Wildman–Crippen MR) is 74.0 cm³/mol. The van der Waals surface area contributed by atoms with Crippen LogP contribution in [0, 0.1) is 0 Å². The molecule has 1 amide bonds. The third-order valence-electron chi connectivity index (χ3n) is 3.62. The van der Waals surface area contributed by atoms with Crippen molar-refractivity contribution in [2.24, 2.45) is 0 Å². The second-order valence-electron chi connectivity index (χ2n) is 5.59. The van der Waals surface area contributed by atoms with Gasteiger partial charge in [0.1, 0.15) is 0 Å². The highest BCUT2D eigenvalue weighted by Crippen LogP contribution is 2.18. The fourth-order valence-corrected chi connectivity index (χ4v) is 2.47. The number of nitrogens with zero attached hydrogens (tertiary/aromatic N) is 2. The Balaban J connectivity index is 2.58. The van der Waals surface area contributed by atoms with E-state index in [0.717, 1.165) is 26.2 Å². The zero-order chi connectivity index (χ0) is 14.5. The van der Waals surface area contributed by atoms with Crippen LogP contribution in [0.25, 0.3) is 0 Å². The lowest BCUT2D eigenvalue weighted by atomic mass is 9.99. The summed E-state index contributed by atoms with van der Waals surface area (Å²) < 4.78 is 4.88. The number of ether oxygens (including phenoxy) is 1. The summed E-state index contributed by atoms with van der Waals surface area (Å²) in [6, 6.07) is 0. The minimum Gasteiger partial charge on any atom is -0.389 e. The van der Waals surface area contributed by atoms with E-state index in [1.165, 1.54) is 7.11 Å². The zero-order valence-corrected chi connectivity index (χ0v) is 12.5. The molecule has 1 unspecified atom stereocenters. The second kappa shape index (κ2) is 7.19. The molecule has 0 spiro atoms. The van der Waals surface area contributed by atoms with Gasteiger partial charge in [0.05, 0.1) is 18.2 Å². The molecule has 19 heavy (non-hydrogen) atoms. The molecular weight excluding hydrogens is 246 g/mol. The summed E-state index contributed by atoms with van der Waals surface area (Å²) in [6.07, 6.45) is -0.641. The van der Waals surface area contributed by atoms with Crippen LogP contribution in [0.1, 0.15) is 13.8 Å². The average Bonchev–Trinajstić information content (AvgIpc) is 2.39. The van der Waals surface area contributed by atoms with Crippen LogP contribution in [-0.2, 0) is 9.53 Å². The van der Waals surface area contributed by atoms with Crippen molar-refractivity contribution in [2.75, 3.05) is 53.5 Å². The number of piperazine rings is 1. The van der Waals surface area contributed by atoms with Gasteiger partial charge in [-0.15, -0.1) is 0 Å². The van der Waals surface area contributed by atoms with Crippen LogP contribution in [0.2, 0.25) is 0 Å². The summed E-state index contributed by atoms with van der Waals surface area (Å²) in [5, 5.41) is 13.0. The Morgan fingerprint density at radius 1 is 1.47 bits per heavy atom. The van der Waals surface area contributed by atoms with Crippen molar-refractivity contribution in [1.29, 1.82) is 0 Å². The largest absolute Gasteiger partial charge is 0.389 e. The maximum absolute atomic E-state index is 12.5. The highest BCUT2D eigenvalue weighted by molar-refractivity contribution is 5.85. The van der Waals surface area contributed by atoms with E-state index in [4.69, 9.17) is 4.74 Å². The lowest BCUT2D eigenvalue weighted by molar-refractivity contribution is -0.143. The molecule has 0 aliphatic carbocycles. The Bertz CT molecular complexity index is 291. The standard InChI is InChI=1S/C13H27N3O3/c1-13(2,16-7-5-14-6-8-16)12(18)15(3)9-11(17)10-19-4/h11,14,17H,5-10H2,1-4H3. The van der Waals surface area contributed by atoms with E-state index >= 15 is 0 Å². The van der Waals surface area contributed by atoms with Crippen molar-refractivity contribution in [1.82, 2.24) is 15.1 Å². The van der Waals surface area contributed by atoms with E-state index in [1.54, 1.807) is 11.9 Å². The van der Waals surface area contributed by atoms with Crippen molar-refractivity contribution < 1.29 is 14.6 Å². The monoisotopic (exact) mass is 273 g/mol. The van der Waals surface area contributed by atoms with Crippen molar-refractivity contribution in [2.45, 2.75) is 25.5 Å². The van der Waals surface area contributed by atoms with E-state index in [0.29, 0.717) is 6.54 Å². The van der Waals surface area contributed by atoms with Crippen LogP contribution in [0.15, 0.2) is 0 Å². The number of rotatable bonds is 6. The molecule has 1 fully saturated rings. The van der Waals surface area contributed by atoms with Gasteiger partial charge in [0.15, 0.2) is 0 Å². The molecular formula is C13H27N3O3. The van der Waals surface area contributed by atoms with Gasteiger partial charge in [0.2, 0.25) is 5.91 Å². The smallest absolute Gasteiger partial charge is 0.242 e. The Hall–Kier alpha value is -0.690. The van der Waals surface area contributed by atoms with E-state index < -0.39 is 11.6 Å². The lowest BCUT2D eigenvalue weighted by Gasteiger charge is -2.42. The first-order valence-electron chi connectivity index (χ1n) is 6.78. The molecule has 0 saturated carbocycles. The maximum Gasteiger partial charge on any atom is 0.242 e. The molecule has 1 atom stereocenters. The fourth-order valence-electron chi connectivity index (χ4n) is 2.47. The van der Waals surface area contributed by atoms with E-state index in [9.17, 15) is 9.90 Å². The molecule has 1 aliphatic heterocycles. The molecule has 1 rings (SSSR count). The van der Waals surface area contributed by atoms with Crippen LogP contribution < -0.4 is 5.32 Å². The Kier molecular flexibility index (Phi) is 6.19. The number of amides is 1. The van der Waals surface area contributed by atoms with Gasteiger partial charge in [-0.2, -0.15) is 0 Å². The van der Waals surface area contributed by atoms with Gasteiger partial charge >= 0.3 is 0 Å². The van der Waals surface area contributed by atoms with Crippen LogP contribution in [-0.4, -0.2) is 85.9 Å². The SMILES string of the molecule is COCC(O)CN(C)C(=O)C(C)(C)N1CCNCC1. The summed E-state index contributed by atoms with van der Waals surface area (Å²) in [5.74, 6) is 0.0320. The van der Waals surface area contributed by atoms with Crippen molar-refractivity contribution in [3.63, 3.8) is 0 Å². The molecule has 6 heteroatoms. The molecule has 1 saturated heterocycles. The van der Waals surface area contributed by atoms with Crippen LogP contribution >= 0.6 is 0 Å². The predicted octanol–water partition coefficient (Wildman–Crippen LogP) is -0.864. The molecule has 1 heterocycles. The molecule has 0 aromatic heterocycles. The van der Waals surface area contributed by atoms with Crippen LogP contribution in [0.3, 0.4) is 0 Å². The lowest BCUT2D eigenvalue weighted by Crippen LogP contribution is -2.60. The van der Waals surface area contributed by atoms with E-state index in [1.807, 2.05) is 13.8 Å². The van der Waals surface area contributed by atoms with Gasteiger partial charge in [0.25, 0.3) is 0 Å². The van der Waals surface area contributed by atoms with E-state index in [-0.39, 0.29) is 12.5 Å². The molecule has 1 aliphatic rings. The number of aliphatic hydroxyl groups is 1.